The zero-order valence-electron chi connectivity index (χ0n) is 26.4. The van der Waals surface area contributed by atoms with Crippen LogP contribution in [0.1, 0.15) is 38.5 Å². The SMILES string of the molecule is CSC[C@@H](NC(=O)C(CSSCC(NC(=O)CCC[C@H](N)C(=O)O)C(=O)N[C@H](CSC)C(=O)O)NC(=O)CCC[C@H](N)C(=O)O)C(=O)O. The maximum Gasteiger partial charge on any atom is 0.327 e. The van der Waals surface area contributed by atoms with E-state index in [0.717, 1.165) is 21.6 Å². The summed E-state index contributed by atoms with van der Waals surface area (Å²) < 4.78 is 0. The molecule has 12 N–H and O–H groups in total. The Labute approximate surface area is 293 Å². The highest BCUT2D eigenvalue weighted by molar-refractivity contribution is 8.76. The number of carbonyl (C=O) groups excluding carboxylic acids is 4. The number of hydrogen-bond acceptors (Lipinski definition) is 14. The molecular formula is C26H44N6O12S4. The number of thioether (sulfide) groups is 2. The van der Waals surface area contributed by atoms with Gasteiger partial charge in [0.2, 0.25) is 23.6 Å². The molecule has 4 amide bonds. The second kappa shape index (κ2) is 25.1. The molecule has 0 aromatic heterocycles. The van der Waals surface area contributed by atoms with Crippen LogP contribution in [0.2, 0.25) is 0 Å². The van der Waals surface area contributed by atoms with Crippen LogP contribution >= 0.6 is 45.1 Å². The fraction of sp³-hybridized carbons (Fsp3) is 0.692. The average Bonchev–Trinajstić information content (AvgIpc) is 3.00. The molecule has 0 heterocycles. The Balaban J connectivity index is 5.62. The van der Waals surface area contributed by atoms with Crippen molar-refractivity contribution in [2.75, 3.05) is 35.5 Å². The van der Waals surface area contributed by atoms with E-state index < -0.39 is 83.8 Å². The molecule has 6 atom stereocenters. The number of nitrogens with one attached hydrogen (secondary N) is 4. The van der Waals surface area contributed by atoms with Crippen LogP contribution in [0.25, 0.3) is 0 Å². The van der Waals surface area contributed by atoms with Crippen LogP contribution in [0, 0.1) is 0 Å². The molecule has 0 aromatic carbocycles. The minimum absolute atomic E-state index is 0.000242. The summed E-state index contributed by atoms with van der Waals surface area (Å²) in [6.45, 7) is 0. The summed E-state index contributed by atoms with van der Waals surface area (Å²) in [5.41, 5.74) is 10.9. The largest absolute Gasteiger partial charge is 0.480 e. The normalized spacial score (nSPS) is 14.7. The van der Waals surface area contributed by atoms with Gasteiger partial charge in [-0.1, -0.05) is 21.6 Å². The van der Waals surface area contributed by atoms with E-state index in [-0.39, 0.29) is 61.5 Å². The summed E-state index contributed by atoms with van der Waals surface area (Å²) in [6, 6.07) is -7.35. The van der Waals surface area contributed by atoms with E-state index in [1.807, 2.05) is 0 Å². The summed E-state index contributed by atoms with van der Waals surface area (Å²) in [7, 11) is 2.01. The van der Waals surface area contributed by atoms with Crippen LogP contribution in [0.4, 0.5) is 0 Å². The van der Waals surface area contributed by atoms with Crippen molar-refractivity contribution in [3.8, 4) is 0 Å². The van der Waals surface area contributed by atoms with E-state index >= 15 is 0 Å². The van der Waals surface area contributed by atoms with Crippen molar-refractivity contribution in [1.29, 1.82) is 0 Å². The number of amides is 4. The van der Waals surface area contributed by atoms with Crippen LogP contribution in [0.5, 0.6) is 0 Å². The van der Waals surface area contributed by atoms with E-state index in [2.05, 4.69) is 21.3 Å². The Morgan fingerprint density at radius 2 is 0.854 bits per heavy atom. The number of nitrogens with two attached hydrogens (primary N) is 2. The molecule has 0 aliphatic heterocycles. The van der Waals surface area contributed by atoms with Crippen molar-refractivity contribution >= 4 is 92.6 Å². The molecule has 274 valence electrons. The Morgan fingerprint density at radius 1 is 0.521 bits per heavy atom. The number of rotatable bonds is 27. The average molecular weight is 761 g/mol. The smallest absolute Gasteiger partial charge is 0.327 e. The highest BCUT2D eigenvalue weighted by Crippen LogP contribution is 2.24. The van der Waals surface area contributed by atoms with Gasteiger partial charge in [0.1, 0.15) is 36.3 Å². The van der Waals surface area contributed by atoms with Gasteiger partial charge in [0.25, 0.3) is 0 Å². The molecule has 48 heavy (non-hydrogen) atoms. The maximum absolute atomic E-state index is 13.0. The third kappa shape index (κ3) is 19.8. The lowest BCUT2D eigenvalue weighted by atomic mass is 10.1. The highest BCUT2D eigenvalue weighted by atomic mass is 33.1. The Kier molecular flexibility index (Phi) is 23.6. The van der Waals surface area contributed by atoms with Gasteiger partial charge in [-0.25, -0.2) is 9.59 Å². The Bertz CT molecular complexity index is 1040. The van der Waals surface area contributed by atoms with Gasteiger partial charge in [0.15, 0.2) is 0 Å². The van der Waals surface area contributed by atoms with Crippen LogP contribution in [-0.2, 0) is 38.4 Å². The predicted molar refractivity (Wildman–Crippen MR) is 184 cm³/mol. The van der Waals surface area contributed by atoms with Gasteiger partial charge >= 0.3 is 23.9 Å². The first-order valence-corrected chi connectivity index (χ1v) is 19.7. The number of hydrogen-bond donors (Lipinski definition) is 10. The number of carboxylic acid groups (broad SMARTS) is 4. The molecule has 0 saturated heterocycles. The van der Waals surface area contributed by atoms with E-state index in [1.165, 1.54) is 23.5 Å². The molecule has 0 aromatic rings. The molecular weight excluding hydrogens is 717 g/mol. The summed E-state index contributed by atoms with van der Waals surface area (Å²) in [5.74, 6) is -8.03. The molecule has 22 heteroatoms. The second-order valence-electron chi connectivity index (χ2n) is 10.2. The summed E-state index contributed by atoms with van der Waals surface area (Å²) in [4.78, 5) is 96.2. The topological polar surface area (TPSA) is 318 Å². The summed E-state index contributed by atoms with van der Waals surface area (Å²) in [6.07, 6.45) is 3.17. The zero-order chi connectivity index (χ0) is 36.8. The van der Waals surface area contributed by atoms with Crippen LogP contribution in [-0.4, -0.2) is 140 Å². The molecule has 0 radical (unpaired) electrons. The first-order valence-electron chi connectivity index (χ1n) is 14.4. The summed E-state index contributed by atoms with van der Waals surface area (Å²) in [5, 5.41) is 46.4. The van der Waals surface area contributed by atoms with E-state index in [0.29, 0.717) is 0 Å². The van der Waals surface area contributed by atoms with Crippen molar-refractivity contribution in [2.45, 2.75) is 74.8 Å². The van der Waals surface area contributed by atoms with Gasteiger partial charge < -0.3 is 53.2 Å². The Hall–Kier alpha value is -2.92. The van der Waals surface area contributed by atoms with Crippen LogP contribution in [0.3, 0.4) is 0 Å². The molecule has 0 aliphatic carbocycles. The molecule has 0 aliphatic rings. The molecule has 0 rings (SSSR count). The van der Waals surface area contributed by atoms with Gasteiger partial charge in [0, 0.05) is 35.9 Å². The predicted octanol–water partition coefficient (Wildman–Crippen LogP) is -1.63. The molecule has 0 bridgehead atoms. The van der Waals surface area contributed by atoms with Gasteiger partial charge in [-0.3, -0.25) is 28.8 Å². The highest BCUT2D eigenvalue weighted by Gasteiger charge is 2.29. The first kappa shape index (κ1) is 45.1. The van der Waals surface area contributed by atoms with Crippen LogP contribution < -0.4 is 32.7 Å². The number of aliphatic carboxylic acids is 4. The van der Waals surface area contributed by atoms with Crippen LogP contribution in [0.15, 0.2) is 0 Å². The number of carbonyl (C=O) groups is 8. The lowest BCUT2D eigenvalue weighted by molar-refractivity contribution is -0.141. The lowest BCUT2D eigenvalue weighted by Gasteiger charge is -2.22. The minimum Gasteiger partial charge on any atom is -0.480 e. The maximum atomic E-state index is 13.0. The molecule has 18 nitrogen and oxygen atoms in total. The third-order valence-electron chi connectivity index (χ3n) is 6.22. The van der Waals surface area contributed by atoms with Crippen molar-refractivity contribution in [2.24, 2.45) is 11.5 Å². The molecule has 0 spiro atoms. The van der Waals surface area contributed by atoms with Crippen molar-refractivity contribution in [1.82, 2.24) is 21.3 Å². The zero-order valence-corrected chi connectivity index (χ0v) is 29.6. The summed E-state index contributed by atoms with van der Waals surface area (Å²) >= 11 is 2.35. The first-order chi connectivity index (χ1) is 22.5. The second-order valence-corrected chi connectivity index (χ2v) is 14.6. The molecule has 0 saturated carbocycles. The van der Waals surface area contributed by atoms with E-state index in [4.69, 9.17) is 21.7 Å². The van der Waals surface area contributed by atoms with Gasteiger partial charge in [-0.15, -0.1) is 0 Å². The van der Waals surface area contributed by atoms with Gasteiger partial charge in [0.05, 0.1) is 0 Å². The monoisotopic (exact) mass is 760 g/mol. The van der Waals surface area contributed by atoms with Crippen molar-refractivity contribution in [3.05, 3.63) is 0 Å². The van der Waals surface area contributed by atoms with Crippen molar-refractivity contribution in [3.63, 3.8) is 0 Å². The fourth-order valence-corrected chi connectivity index (χ4v) is 7.02. The van der Waals surface area contributed by atoms with E-state index in [1.54, 1.807) is 12.5 Å². The minimum atomic E-state index is -1.29. The number of carboxylic acids is 4. The van der Waals surface area contributed by atoms with Gasteiger partial charge in [-0.05, 0) is 38.2 Å². The quantitative estimate of drug-likeness (QED) is 0.0332. The van der Waals surface area contributed by atoms with Gasteiger partial charge in [-0.2, -0.15) is 23.5 Å². The molecule has 0 fully saturated rings. The standard InChI is InChI=1S/C26H44N6O12S4/c1-45-9-17(25(41)42)31-21(35)15(29-19(33)7-3-5-13(27)23(37)38)11-47-48-12-16(22(36)32-18(10-46-2)26(43)44)30-20(34)8-4-6-14(28)24(39)40/h13-18H,3-12,27-28H2,1-2H3,(H,29,33)(H,30,34)(H,31,35)(H,32,36)(H,37,38)(H,39,40)(H,41,42)(H,43,44)/t13-,14-,15?,16?,17+,18+/m0/s1. The Morgan fingerprint density at radius 3 is 1.12 bits per heavy atom. The van der Waals surface area contributed by atoms with Crippen molar-refractivity contribution < 1.29 is 58.8 Å². The molecule has 2 unspecified atom stereocenters. The third-order valence-corrected chi connectivity index (χ3v) is 9.98. The lowest BCUT2D eigenvalue weighted by Crippen LogP contribution is -2.53. The van der Waals surface area contributed by atoms with E-state index in [9.17, 15) is 48.6 Å². The fourth-order valence-electron chi connectivity index (χ4n) is 3.57.